The zero-order chi connectivity index (χ0) is 9.97. The van der Waals surface area contributed by atoms with Gasteiger partial charge >= 0.3 is 0 Å². The SMILES string of the molecule is COc1ccc(-n2ncc(C)n2)nn1. The first-order valence-electron chi connectivity index (χ1n) is 4.06. The standard InChI is InChI=1S/C8H9N5O/c1-6-5-9-13(12-6)7-3-4-8(14-2)11-10-7/h3-5H,1-2H3. The van der Waals surface area contributed by atoms with Crippen LogP contribution < -0.4 is 4.74 Å². The Morgan fingerprint density at radius 2 is 2.14 bits per heavy atom. The van der Waals surface area contributed by atoms with Crippen molar-refractivity contribution >= 4 is 0 Å². The van der Waals surface area contributed by atoms with Gasteiger partial charge in [0.1, 0.15) is 0 Å². The fourth-order valence-corrected chi connectivity index (χ4v) is 0.978. The molecule has 2 rings (SSSR count). The molecule has 0 bridgehead atoms. The van der Waals surface area contributed by atoms with Crippen molar-refractivity contribution in [3.63, 3.8) is 0 Å². The zero-order valence-electron chi connectivity index (χ0n) is 7.88. The van der Waals surface area contributed by atoms with Crippen LogP contribution in [0.25, 0.3) is 5.82 Å². The first kappa shape index (κ1) is 8.61. The maximum atomic E-state index is 4.89. The molecule has 0 atom stereocenters. The third-order valence-corrected chi connectivity index (χ3v) is 1.65. The number of hydrogen-bond donors (Lipinski definition) is 0. The number of nitrogens with zero attached hydrogens (tertiary/aromatic N) is 5. The first-order valence-corrected chi connectivity index (χ1v) is 4.06. The maximum Gasteiger partial charge on any atom is 0.233 e. The number of aromatic nitrogens is 5. The van der Waals surface area contributed by atoms with Crippen LogP contribution in [0, 0.1) is 6.92 Å². The summed E-state index contributed by atoms with van der Waals surface area (Å²) in [6.07, 6.45) is 1.66. The van der Waals surface area contributed by atoms with Crippen molar-refractivity contribution in [2.24, 2.45) is 0 Å². The molecule has 0 aliphatic heterocycles. The van der Waals surface area contributed by atoms with E-state index in [1.54, 1.807) is 25.4 Å². The van der Waals surface area contributed by atoms with Crippen LogP contribution in [0.1, 0.15) is 5.69 Å². The predicted octanol–water partition coefficient (Wildman–Crippen LogP) is 0.374. The minimum Gasteiger partial charge on any atom is -0.480 e. The highest BCUT2D eigenvalue weighted by Gasteiger charge is 2.02. The lowest BCUT2D eigenvalue weighted by Gasteiger charge is -1.98. The molecule has 0 saturated carbocycles. The van der Waals surface area contributed by atoms with Crippen LogP contribution >= 0.6 is 0 Å². The third kappa shape index (κ3) is 1.54. The highest BCUT2D eigenvalue weighted by molar-refractivity contribution is 5.20. The van der Waals surface area contributed by atoms with Crippen LogP contribution in [0.15, 0.2) is 18.3 Å². The maximum absolute atomic E-state index is 4.89. The van der Waals surface area contributed by atoms with Gasteiger partial charge in [0.15, 0.2) is 5.82 Å². The van der Waals surface area contributed by atoms with Gasteiger partial charge in [-0.3, -0.25) is 0 Å². The predicted molar refractivity (Wildman–Crippen MR) is 48.2 cm³/mol. The molecule has 0 aliphatic carbocycles. The lowest BCUT2D eigenvalue weighted by molar-refractivity contribution is 0.391. The van der Waals surface area contributed by atoms with Crippen molar-refractivity contribution in [1.82, 2.24) is 25.2 Å². The normalized spacial score (nSPS) is 10.1. The van der Waals surface area contributed by atoms with Crippen molar-refractivity contribution in [2.75, 3.05) is 7.11 Å². The van der Waals surface area contributed by atoms with Crippen LogP contribution in [0.5, 0.6) is 5.88 Å². The Hall–Kier alpha value is -1.98. The van der Waals surface area contributed by atoms with Crippen LogP contribution in [-0.4, -0.2) is 32.3 Å². The van der Waals surface area contributed by atoms with E-state index < -0.39 is 0 Å². The number of methoxy groups -OCH3 is 1. The van der Waals surface area contributed by atoms with Gasteiger partial charge in [0.2, 0.25) is 5.88 Å². The molecule has 2 heterocycles. The first-order chi connectivity index (χ1) is 6.79. The number of rotatable bonds is 2. The molecule has 0 amide bonds. The number of hydrogen-bond acceptors (Lipinski definition) is 5. The lowest BCUT2D eigenvalue weighted by atomic mass is 10.5. The van der Waals surface area contributed by atoms with Crippen molar-refractivity contribution in [3.05, 3.63) is 24.0 Å². The average molecular weight is 191 g/mol. The summed E-state index contributed by atoms with van der Waals surface area (Å²) in [5.41, 5.74) is 0.836. The van der Waals surface area contributed by atoms with Gasteiger partial charge < -0.3 is 4.74 Å². The van der Waals surface area contributed by atoms with Gasteiger partial charge in [-0.2, -0.15) is 10.2 Å². The van der Waals surface area contributed by atoms with E-state index in [4.69, 9.17) is 4.74 Å². The van der Waals surface area contributed by atoms with Crippen LogP contribution in [0.2, 0.25) is 0 Å². The zero-order valence-corrected chi connectivity index (χ0v) is 7.88. The summed E-state index contributed by atoms with van der Waals surface area (Å²) >= 11 is 0. The van der Waals surface area contributed by atoms with Gasteiger partial charge in [-0.15, -0.1) is 15.0 Å². The Balaban J connectivity index is 2.33. The van der Waals surface area contributed by atoms with Crippen LogP contribution in [0.3, 0.4) is 0 Å². The van der Waals surface area contributed by atoms with E-state index in [9.17, 15) is 0 Å². The van der Waals surface area contributed by atoms with Crippen LogP contribution in [0.4, 0.5) is 0 Å². The van der Waals surface area contributed by atoms with E-state index in [-0.39, 0.29) is 0 Å². The van der Waals surface area contributed by atoms with Crippen molar-refractivity contribution in [2.45, 2.75) is 6.92 Å². The summed E-state index contributed by atoms with van der Waals surface area (Å²) in [6.45, 7) is 1.86. The van der Waals surface area contributed by atoms with Gasteiger partial charge in [-0.1, -0.05) is 0 Å². The Morgan fingerprint density at radius 1 is 1.29 bits per heavy atom. The average Bonchev–Trinajstić information content (AvgIpc) is 2.65. The van der Waals surface area contributed by atoms with Gasteiger partial charge in [-0.25, -0.2) is 0 Å². The molecule has 0 aliphatic rings. The highest BCUT2D eigenvalue weighted by Crippen LogP contribution is 2.05. The topological polar surface area (TPSA) is 65.7 Å². The minimum atomic E-state index is 0.470. The highest BCUT2D eigenvalue weighted by atomic mass is 16.5. The molecule has 2 aromatic rings. The Morgan fingerprint density at radius 3 is 2.64 bits per heavy atom. The third-order valence-electron chi connectivity index (χ3n) is 1.65. The number of aryl methyl sites for hydroxylation is 1. The fourth-order valence-electron chi connectivity index (χ4n) is 0.978. The lowest BCUT2D eigenvalue weighted by Crippen LogP contribution is -2.03. The summed E-state index contributed by atoms with van der Waals surface area (Å²) < 4.78 is 4.89. The molecule has 0 aromatic carbocycles. The molecule has 72 valence electrons. The summed E-state index contributed by atoms with van der Waals surface area (Å²) in [4.78, 5) is 1.42. The molecular formula is C8H9N5O. The second kappa shape index (κ2) is 3.41. The molecule has 0 radical (unpaired) electrons. The summed E-state index contributed by atoms with van der Waals surface area (Å²) in [5, 5.41) is 15.8. The molecular weight excluding hydrogens is 182 g/mol. The Bertz CT molecular complexity index is 422. The molecule has 6 heteroatoms. The fraction of sp³-hybridized carbons (Fsp3) is 0.250. The largest absolute Gasteiger partial charge is 0.480 e. The second-order valence-electron chi connectivity index (χ2n) is 2.71. The molecule has 0 unspecified atom stereocenters. The van der Waals surface area contributed by atoms with Crippen molar-refractivity contribution < 1.29 is 4.74 Å². The molecule has 14 heavy (non-hydrogen) atoms. The van der Waals surface area contributed by atoms with Gasteiger partial charge in [0.25, 0.3) is 0 Å². The second-order valence-corrected chi connectivity index (χ2v) is 2.71. The van der Waals surface area contributed by atoms with Crippen molar-refractivity contribution in [3.8, 4) is 11.7 Å². The monoisotopic (exact) mass is 191 g/mol. The summed E-state index contributed by atoms with van der Waals surface area (Å²) in [7, 11) is 1.54. The molecule has 6 nitrogen and oxygen atoms in total. The molecule has 0 spiro atoms. The van der Waals surface area contributed by atoms with Gasteiger partial charge in [0.05, 0.1) is 19.0 Å². The van der Waals surface area contributed by atoms with E-state index in [2.05, 4.69) is 20.4 Å². The van der Waals surface area contributed by atoms with E-state index in [1.807, 2.05) is 6.92 Å². The summed E-state index contributed by atoms with van der Waals surface area (Å²) in [6, 6.07) is 3.45. The smallest absolute Gasteiger partial charge is 0.233 e. The molecule has 2 aromatic heterocycles. The molecule has 0 saturated heterocycles. The number of ether oxygens (including phenoxy) is 1. The van der Waals surface area contributed by atoms with Gasteiger partial charge in [-0.05, 0) is 13.0 Å². The van der Waals surface area contributed by atoms with Crippen LogP contribution in [-0.2, 0) is 0 Å². The van der Waals surface area contributed by atoms with E-state index in [1.165, 1.54) is 4.80 Å². The van der Waals surface area contributed by atoms with Gasteiger partial charge in [0, 0.05) is 6.07 Å². The van der Waals surface area contributed by atoms with E-state index in [0.29, 0.717) is 11.7 Å². The Labute approximate surface area is 80.5 Å². The van der Waals surface area contributed by atoms with E-state index >= 15 is 0 Å². The van der Waals surface area contributed by atoms with E-state index in [0.717, 1.165) is 5.69 Å². The molecule has 0 N–H and O–H groups in total. The summed E-state index contributed by atoms with van der Waals surface area (Å²) in [5.74, 6) is 1.04. The Kier molecular flexibility index (Phi) is 2.10. The van der Waals surface area contributed by atoms with Crippen molar-refractivity contribution in [1.29, 1.82) is 0 Å². The molecule has 0 fully saturated rings. The quantitative estimate of drug-likeness (QED) is 0.686. The minimum absolute atomic E-state index is 0.470.